The predicted octanol–water partition coefficient (Wildman–Crippen LogP) is 3.36. The summed E-state index contributed by atoms with van der Waals surface area (Å²) in [4.78, 5) is 22.5. The van der Waals surface area contributed by atoms with Crippen LogP contribution in [0, 0.1) is 0 Å². The van der Waals surface area contributed by atoms with Gasteiger partial charge in [0.1, 0.15) is 5.75 Å². The second-order valence-corrected chi connectivity index (χ2v) is 5.85. The molecule has 0 atom stereocenters. The van der Waals surface area contributed by atoms with E-state index >= 15 is 0 Å². The number of benzene rings is 2. The minimum atomic E-state index is -0.533. The van der Waals surface area contributed by atoms with Gasteiger partial charge in [0.05, 0.1) is 0 Å². The van der Waals surface area contributed by atoms with Crippen molar-refractivity contribution >= 4 is 18.2 Å². The SMILES string of the molecule is CC(C)(Cc1ccccc1)NC(=O)Oc1cccc(NC=O)c1. The highest BCUT2D eigenvalue weighted by Crippen LogP contribution is 2.18. The Morgan fingerprint density at radius 2 is 1.87 bits per heavy atom. The molecule has 5 heteroatoms. The van der Waals surface area contributed by atoms with E-state index in [-0.39, 0.29) is 0 Å². The quantitative estimate of drug-likeness (QED) is 0.804. The first-order valence-corrected chi connectivity index (χ1v) is 7.33. The molecule has 2 aromatic rings. The lowest BCUT2D eigenvalue weighted by Crippen LogP contribution is -2.46. The Kier molecular flexibility index (Phi) is 5.36. The first-order chi connectivity index (χ1) is 11.0. The van der Waals surface area contributed by atoms with Crippen molar-refractivity contribution in [1.29, 1.82) is 0 Å². The summed E-state index contributed by atoms with van der Waals surface area (Å²) < 4.78 is 5.27. The third-order valence-electron chi connectivity index (χ3n) is 3.20. The van der Waals surface area contributed by atoms with Gasteiger partial charge in [-0.05, 0) is 38.0 Å². The maximum absolute atomic E-state index is 12.1. The van der Waals surface area contributed by atoms with Gasteiger partial charge in [0.25, 0.3) is 0 Å². The van der Waals surface area contributed by atoms with Gasteiger partial charge in [0, 0.05) is 17.3 Å². The Hall–Kier alpha value is -2.82. The number of carbonyl (C=O) groups is 2. The Bertz CT molecular complexity index is 669. The molecule has 0 radical (unpaired) electrons. The average molecular weight is 312 g/mol. The van der Waals surface area contributed by atoms with E-state index in [0.29, 0.717) is 24.3 Å². The summed E-state index contributed by atoms with van der Waals surface area (Å²) in [6.45, 7) is 3.87. The van der Waals surface area contributed by atoms with Gasteiger partial charge in [0.2, 0.25) is 6.41 Å². The molecule has 0 heterocycles. The number of carbonyl (C=O) groups excluding carboxylic acids is 2. The summed E-state index contributed by atoms with van der Waals surface area (Å²) in [5, 5.41) is 5.36. The molecule has 2 N–H and O–H groups in total. The van der Waals surface area contributed by atoms with Crippen molar-refractivity contribution in [2.75, 3.05) is 5.32 Å². The largest absolute Gasteiger partial charge is 0.413 e. The summed E-state index contributed by atoms with van der Waals surface area (Å²) in [6.07, 6.45) is 0.729. The van der Waals surface area contributed by atoms with Gasteiger partial charge in [-0.15, -0.1) is 0 Å². The van der Waals surface area contributed by atoms with E-state index in [2.05, 4.69) is 10.6 Å². The highest BCUT2D eigenvalue weighted by atomic mass is 16.6. The lowest BCUT2D eigenvalue weighted by Gasteiger charge is -2.26. The summed E-state index contributed by atoms with van der Waals surface area (Å²) in [6, 6.07) is 16.6. The number of anilines is 1. The first kappa shape index (κ1) is 16.5. The molecular weight excluding hydrogens is 292 g/mol. The number of hydrogen-bond acceptors (Lipinski definition) is 3. The molecule has 120 valence electrons. The Morgan fingerprint density at radius 1 is 1.13 bits per heavy atom. The van der Waals surface area contributed by atoms with Gasteiger partial charge >= 0.3 is 6.09 Å². The van der Waals surface area contributed by atoms with Crippen LogP contribution in [0.1, 0.15) is 19.4 Å². The van der Waals surface area contributed by atoms with Crippen LogP contribution in [0.3, 0.4) is 0 Å². The number of rotatable bonds is 6. The molecule has 2 aromatic carbocycles. The van der Waals surface area contributed by atoms with Crippen LogP contribution in [0.2, 0.25) is 0 Å². The van der Waals surface area contributed by atoms with Crippen molar-refractivity contribution in [1.82, 2.24) is 5.32 Å². The minimum Gasteiger partial charge on any atom is -0.410 e. The first-order valence-electron chi connectivity index (χ1n) is 7.33. The van der Waals surface area contributed by atoms with Crippen LogP contribution in [0.4, 0.5) is 10.5 Å². The molecule has 0 saturated carbocycles. The lowest BCUT2D eigenvalue weighted by atomic mass is 9.95. The molecule has 0 unspecified atom stereocenters. The molecule has 2 rings (SSSR count). The van der Waals surface area contributed by atoms with E-state index in [1.165, 1.54) is 0 Å². The second-order valence-electron chi connectivity index (χ2n) is 5.85. The van der Waals surface area contributed by atoms with Crippen LogP contribution in [-0.4, -0.2) is 18.0 Å². The fraction of sp³-hybridized carbons (Fsp3) is 0.222. The normalized spacial score (nSPS) is 10.7. The smallest absolute Gasteiger partial charge is 0.410 e. The molecule has 0 aromatic heterocycles. The van der Waals surface area contributed by atoms with Crippen molar-refractivity contribution in [3.05, 3.63) is 60.2 Å². The van der Waals surface area contributed by atoms with Crippen LogP contribution in [0.5, 0.6) is 5.75 Å². The molecule has 0 saturated heterocycles. The number of nitrogens with one attached hydrogen (secondary N) is 2. The fourth-order valence-electron chi connectivity index (χ4n) is 2.28. The average Bonchev–Trinajstić information content (AvgIpc) is 2.47. The number of hydrogen-bond donors (Lipinski definition) is 2. The fourth-order valence-corrected chi connectivity index (χ4v) is 2.28. The molecule has 2 amide bonds. The zero-order chi connectivity index (χ0) is 16.7. The molecule has 0 aliphatic rings. The zero-order valence-corrected chi connectivity index (χ0v) is 13.2. The summed E-state index contributed by atoms with van der Waals surface area (Å²) >= 11 is 0. The second kappa shape index (κ2) is 7.45. The van der Waals surface area contributed by atoms with E-state index in [1.807, 2.05) is 44.2 Å². The van der Waals surface area contributed by atoms with Crippen molar-refractivity contribution in [3.8, 4) is 5.75 Å². The standard InChI is InChI=1S/C18H20N2O3/c1-18(2,12-14-7-4-3-5-8-14)20-17(22)23-16-10-6-9-15(11-16)19-13-21/h3-11,13H,12H2,1-2H3,(H,19,21)(H,20,22). The Balaban J connectivity index is 1.95. The highest BCUT2D eigenvalue weighted by molar-refractivity contribution is 5.74. The predicted molar refractivity (Wildman–Crippen MR) is 89.5 cm³/mol. The summed E-state index contributed by atoms with van der Waals surface area (Å²) in [5.74, 6) is 0.366. The molecule has 0 bridgehead atoms. The van der Waals surface area contributed by atoms with E-state index in [1.54, 1.807) is 24.3 Å². The number of amides is 2. The van der Waals surface area contributed by atoms with Crippen LogP contribution in [0.25, 0.3) is 0 Å². The van der Waals surface area contributed by atoms with E-state index < -0.39 is 11.6 Å². The Morgan fingerprint density at radius 3 is 2.57 bits per heavy atom. The van der Waals surface area contributed by atoms with Crippen molar-refractivity contribution < 1.29 is 14.3 Å². The maximum Gasteiger partial charge on any atom is 0.413 e. The van der Waals surface area contributed by atoms with Crippen molar-refractivity contribution in [2.45, 2.75) is 25.8 Å². The van der Waals surface area contributed by atoms with Gasteiger partial charge in [0.15, 0.2) is 0 Å². The zero-order valence-electron chi connectivity index (χ0n) is 13.2. The van der Waals surface area contributed by atoms with Gasteiger partial charge in [-0.1, -0.05) is 36.4 Å². The highest BCUT2D eigenvalue weighted by Gasteiger charge is 2.22. The third-order valence-corrected chi connectivity index (χ3v) is 3.20. The molecule has 0 fully saturated rings. The van der Waals surface area contributed by atoms with E-state index in [9.17, 15) is 9.59 Å². The monoisotopic (exact) mass is 312 g/mol. The number of ether oxygens (including phenoxy) is 1. The van der Waals surface area contributed by atoms with Crippen LogP contribution < -0.4 is 15.4 Å². The van der Waals surface area contributed by atoms with E-state index in [0.717, 1.165) is 5.56 Å². The summed E-state index contributed by atoms with van der Waals surface area (Å²) in [7, 11) is 0. The van der Waals surface area contributed by atoms with Crippen LogP contribution in [0.15, 0.2) is 54.6 Å². The minimum absolute atomic E-state index is 0.366. The topological polar surface area (TPSA) is 67.4 Å². The Labute approximate surface area is 135 Å². The molecule has 0 aliphatic carbocycles. The maximum atomic E-state index is 12.1. The van der Waals surface area contributed by atoms with Gasteiger partial charge in [-0.25, -0.2) is 4.79 Å². The molecule has 0 spiro atoms. The van der Waals surface area contributed by atoms with Crippen molar-refractivity contribution in [2.24, 2.45) is 0 Å². The molecule has 5 nitrogen and oxygen atoms in total. The lowest BCUT2D eigenvalue weighted by molar-refractivity contribution is -0.105. The van der Waals surface area contributed by atoms with Crippen molar-refractivity contribution in [3.63, 3.8) is 0 Å². The summed E-state index contributed by atoms with van der Waals surface area (Å²) in [5.41, 5.74) is 1.25. The molecule has 23 heavy (non-hydrogen) atoms. The van der Waals surface area contributed by atoms with Crippen LogP contribution in [-0.2, 0) is 11.2 Å². The third kappa shape index (κ3) is 5.47. The molecular formula is C18H20N2O3. The molecule has 0 aliphatic heterocycles. The van der Waals surface area contributed by atoms with E-state index in [4.69, 9.17) is 4.74 Å². The van der Waals surface area contributed by atoms with Gasteiger partial charge in [-0.2, -0.15) is 0 Å². The van der Waals surface area contributed by atoms with Gasteiger partial charge in [-0.3, -0.25) is 4.79 Å². The van der Waals surface area contributed by atoms with Gasteiger partial charge < -0.3 is 15.4 Å². The van der Waals surface area contributed by atoms with Crippen LogP contribution >= 0.6 is 0 Å².